The molecule has 0 spiro atoms. The van der Waals surface area contributed by atoms with E-state index in [0.29, 0.717) is 6.04 Å². The topological polar surface area (TPSA) is 24.5 Å². The zero-order valence-electron chi connectivity index (χ0n) is 13.6. The van der Waals surface area contributed by atoms with Crippen molar-refractivity contribution in [1.29, 1.82) is 0 Å². The number of para-hydroxylation sites is 1. The summed E-state index contributed by atoms with van der Waals surface area (Å²) in [7, 11) is 0. The summed E-state index contributed by atoms with van der Waals surface area (Å²) in [6.07, 6.45) is 4.94. The molecule has 1 aromatic rings. The van der Waals surface area contributed by atoms with Crippen LogP contribution in [0.4, 0.5) is 0 Å². The van der Waals surface area contributed by atoms with Gasteiger partial charge in [0.05, 0.1) is 0 Å². The molecule has 1 fully saturated rings. The van der Waals surface area contributed by atoms with Gasteiger partial charge < -0.3 is 10.1 Å². The average Bonchev–Trinajstić information content (AvgIpc) is 3.03. The van der Waals surface area contributed by atoms with Crippen molar-refractivity contribution in [3.8, 4) is 5.75 Å². The fourth-order valence-electron chi connectivity index (χ4n) is 2.98. The van der Waals surface area contributed by atoms with E-state index in [0.717, 1.165) is 38.3 Å². The SMILES string of the molecule is CCCNC(CC)c1ccccc1OCCN1CCCC1. The smallest absolute Gasteiger partial charge is 0.124 e. The highest BCUT2D eigenvalue weighted by Gasteiger charge is 2.15. The molecular formula is C18H30N2O. The van der Waals surface area contributed by atoms with E-state index in [1.54, 1.807) is 0 Å². The lowest BCUT2D eigenvalue weighted by molar-refractivity contribution is 0.235. The minimum atomic E-state index is 0.396. The molecule has 1 unspecified atom stereocenters. The van der Waals surface area contributed by atoms with Crippen molar-refractivity contribution in [3.63, 3.8) is 0 Å². The zero-order valence-corrected chi connectivity index (χ0v) is 13.6. The van der Waals surface area contributed by atoms with Gasteiger partial charge in [-0.15, -0.1) is 0 Å². The van der Waals surface area contributed by atoms with Crippen molar-refractivity contribution >= 4 is 0 Å². The second-order valence-electron chi connectivity index (χ2n) is 5.85. The summed E-state index contributed by atoms with van der Waals surface area (Å²) in [6, 6.07) is 8.88. The first-order chi connectivity index (χ1) is 10.3. The Morgan fingerprint density at radius 1 is 1.19 bits per heavy atom. The fourth-order valence-corrected chi connectivity index (χ4v) is 2.98. The number of hydrogen-bond donors (Lipinski definition) is 1. The standard InChI is InChI=1S/C18H30N2O/c1-3-11-19-17(4-2)16-9-5-6-10-18(16)21-15-14-20-12-7-8-13-20/h5-6,9-10,17,19H,3-4,7-8,11-15H2,1-2H3. The maximum atomic E-state index is 6.08. The lowest BCUT2D eigenvalue weighted by atomic mass is 10.0. The molecule has 2 rings (SSSR count). The summed E-state index contributed by atoms with van der Waals surface area (Å²) < 4.78 is 6.08. The van der Waals surface area contributed by atoms with Crippen LogP contribution in [-0.4, -0.2) is 37.7 Å². The molecule has 0 aliphatic carbocycles. The Labute approximate surface area is 129 Å². The molecule has 1 atom stereocenters. The van der Waals surface area contributed by atoms with Crippen LogP contribution in [-0.2, 0) is 0 Å². The third kappa shape index (κ3) is 5.01. The fraction of sp³-hybridized carbons (Fsp3) is 0.667. The molecule has 118 valence electrons. The van der Waals surface area contributed by atoms with Crippen LogP contribution in [0.1, 0.15) is 51.1 Å². The predicted octanol–water partition coefficient (Wildman–Crippen LogP) is 3.61. The minimum Gasteiger partial charge on any atom is -0.492 e. The average molecular weight is 290 g/mol. The molecule has 1 heterocycles. The lowest BCUT2D eigenvalue weighted by Gasteiger charge is -2.21. The van der Waals surface area contributed by atoms with Gasteiger partial charge in [-0.2, -0.15) is 0 Å². The summed E-state index contributed by atoms with van der Waals surface area (Å²) in [5.41, 5.74) is 1.30. The van der Waals surface area contributed by atoms with Gasteiger partial charge in [0.25, 0.3) is 0 Å². The van der Waals surface area contributed by atoms with E-state index in [-0.39, 0.29) is 0 Å². The summed E-state index contributed by atoms with van der Waals surface area (Å²) in [5, 5.41) is 3.62. The first-order valence-electron chi connectivity index (χ1n) is 8.52. The quantitative estimate of drug-likeness (QED) is 0.752. The van der Waals surface area contributed by atoms with Crippen molar-refractivity contribution in [2.24, 2.45) is 0 Å². The van der Waals surface area contributed by atoms with Crippen LogP contribution >= 0.6 is 0 Å². The van der Waals surface area contributed by atoms with Gasteiger partial charge in [-0.3, -0.25) is 4.90 Å². The van der Waals surface area contributed by atoms with Crippen LogP contribution in [0.3, 0.4) is 0 Å². The Balaban J connectivity index is 1.91. The van der Waals surface area contributed by atoms with Crippen molar-refractivity contribution in [2.45, 2.75) is 45.6 Å². The molecular weight excluding hydrogens is 260 g/mol. The van der Waals surface area contributed by atoms with Crippen molar-refractivity contribution < 1.29 is 4.74 Å². The van der Waals surface area contributed by atoms with Gasteiger partial charge in [-0.25, -0.2) is 0 Å². The van der Waals surface area contributed by atoms with E-state index in [4.69, 9.17) is 4.74 Å². The van der Waals surface area contributed by atoms with Crippen molar-refractivity contribution in [3.05, 3.63) is 29.8 Å². The van der Waals surface area contributed by atoms with E-state index in [9.17, 15) is 0 Å². The Bertz CT molecular complexity index is 402. The van der Waals surface area contributed by atoms with E-state index >= 15 is 0 Å². The second kappa shape index (κ2) is 9.06. The van der Waals surface area contributed by atoms with Gasteiger partial charge in [0.1, 0.15) is 12.4 Å². The number of nitrogens with zero attached hydrogens (tertiary/aromatic N) is 1. The number of likely N-dealkylation sites (tertiary alicyclic amines) is 1. The molecule has 0 aromatic heterocycles. The first kappa shape index (κ1) is 16.3. The van der Waals surface area contributed by atoms with Crippen LogP contribution < -0.4 is 10.1 Å². The third-order valence-electron chi connectivity index (χ3n) is 4.21. The highest BCUT2D eigenvalue weighted by Crippen LogP contribution is 2.27. The van der Waals surface area contributed by atoms with Gasteiger partial charge in [-0.1, -0.05) is 32.0 Å². The largest absolute Gasteiger partial charge is 0.492 e. The first-order valence-corrected chi connectivity index (χ1v) is 8.52. The molecule has 21 heavy (non-hydrogen) atoms. The van der Waals surface area contributed by atoms with Gasteiger partial charge in [-0.05, 0) is 51.4 Å². The van der Waals surface area contributed by atoms with Gasteiger partial charge in [0, 0.05) is 18.2 Å². The van der Waals surface area contributed by atoms with Crippen LogP contribution in [0.2, 0.25) is 0 Å². The zero-order chi connectivity index (χ0) is 14.9. The molecule has 0 bridgehead atoms. The van der Waals surface area contributed by atoms with E-state index in [1.165, 1.54) is 31.5 Å². The van der Waals surface area contributed by atoms with Gasteiger partial charge in [0.2, 0.25) is 0 Å². The number of nitrogens with one attached hydrogen (secondary N) is 1. The number of hydrogen-bond acceptors (Lipinski definition) is 3. The third-order valence-corrected chi connectivity index (χ3v) is 4.21. The molecule has 1 saturated heterocycles. The molecule has 3 nitrogen and oxygen atoms in total. The summed E-state index contributed by atoms with van der Waals surface area (Å²) >= 11 is 0. The number of rotatable bonds is 9. The second-order valence-corrected chi connectivity index (χ2v) is 5.85. The van der Waals surface area contributed by atoms with Crippen LogP contribution in [0.5, 0.6) is 5.75 Å². The Hall–Kier alpha value is -1.06. The Kier molecular flexibility index (Phi) is 7.04. The van der Waals surface area contributed by atoms with E-state index in [2.05, 4.69) is 48.3 Å². The van der Waals surface area contributed by atoms with E-state index < -0.39 is 0 Å². The highest BCUT2D eigenvalue weighted by molar-refractivity contribution is 5.35. The molecule has 1 aromatic carbocycles. The van der Waals surface area contributed by atoms with Gasteiger partial charge >= 0.3 is 0 Å². The van der Waals surface area contributed by atoms with Crippen molar-refractivity contribution in [1.82, 2.24) is 10.2 Å². The minimum absolute atomic E-state index is 0.396. The summed E-state index contributed by atoms with van der Waals surface area (Å²) in [5.74, 6) is 1.05. The molecule has 3 heteroatoms. The maximum absolute atomic E-state index is 6.08. The summed E-state index contributed by atoms with van der Waals surface area (Å²) in [6.45, 7) is 9.81. The summed E-state index contributed by atoms with van der Waals surface area (Å²) in [4.78, 5) is 2.50. The Morgan fingerprint density at radius 3 is 2.67 bits per heavy atom. The molecule has 1 aliphatic rings. The monoisotopic (exact) mass is 290 g/mol. The maximum Gasteiger partial charge on any atom is 0.124 e. The van der Waals surface area contributed by atoms with E-state index in [1.807, 2.05) is 0 Å². The normalized spacial score (nSPS) is 17.0. The molecule has 0 radical (unpaired) electrons. The van der Waals surface area contributed by atoms with Crippen molar-refractivity contribution in [2.75, 3.05) is 32.8 Å². The van der Waals surface area contributed by atoms with Crippen LogP contribution in [0, 0.1) is 0 Å². The molecule has 0 amide bonds. The molecule has 1 aliphatic heterocycles. The molecule has 0 saturated carbocycles. The van der Waals surface area contributed by atoms with Crippen LogP contribution in [0.25, 0.3) is 0 Å². The van der Waals surface area contributed by atoms with Gasteiger partial charge in [0.15, 0.2) is 0 Å². The lowest BCUT2D eigenvalue weighted by Crippen LogP contribution is -2.26. The number of benzene rings is 1. The predicted molar refractivity (Wildman–Crippen MR) is 88.9 cm³/mol. The molecule has 1 N–H and O–H groups in total. The Morgan fingerprint density at radius 2 is 1.95 bits per heavy atom. The van der Waals surface area contributed by atoms with Crippen LogP contribution in [0.15, 0.2) is 24.3 Å². The number of ether oxygens (including phenoxy) is 1. The highest BCUT2D eigenvalue weighted by atomic mass is 16.5.